The van der Waals surface area contributed by atoms with Crippen molar-refractivity contribution in [3.63, 3.8) is 0 Å². The lowest BCUT2D eigenvalue weighted by Crippen LogP contribution is -2.34. The number of benzene rings is 1. The molecule has 0 spiro atoms. The molecule has 3 aromatic rings. The van der Waals surface area contributed by atoms with Gasteiger partial charge in [-0.3, -0.25) is 19.1 Å². The zero-order chi connectivity index (χ0) is 21.1. The van der Waals surface area contributed by atoms with E-state index in [0.29, 0.717) is 19.6 Å². The Bertz CT molecular complexity index is 1180. The number of rotatable bonds is 8. The van der Waals surface area contributed by atoms with Crippen molar-refractivity contribution in [1.29, 1.82) is 0 Å². The minimum atomic E-state index is -0.595. The maximum absolute atomic E-state index is 12.9. The molecule has 1 amide bonds. The number of para-hydroxylation sites is 1. The van der Waals surface area contributed by atoms with Crippen LogP contribution in [-0.2, 0) is 6.54 Å². The predicted octanol–water partition coefficient (Wildman–Crippen LogP) is 2.18. The van der Waals surface area contributed by atoms with Crippen LogP contribution in [0.4, 0.5) is 0 Å². The molecule has 2 heterocycles. The summed E-state index contributed by atoms with van der Waals surface area (Å²) in [6.45, 7) is 2.93. The lowest BCUT2D eigenvalue weighted by atomic mass is 10.1. The van der Waals surface area contributed by atoms with Crippen LogP contribution in [0.5, 0.6) is 5.75 Å². The molecule has 8 nitrogen and oxygen atoms in total. The second kappa shape index (κ2) is 8.52. The van der Waals surface area contributed by atoms with Crippen LogP contribution in [0, 0.1) is 0 Å². The number of nitrogens with zero attached hydrogens (tertiary/aromatic N) is 2. The number of hydrogen-bond donors (Lipinski definition) is 2. The standard InChI is InChI=1S/C22H24N4O4/c1-2-11-26-19-18(21(28)25-22(26)29)16(13-17(24-19)14-8-9-14)20(27)23-10-12-30-15-6-4-3-5-7-15/h3-7,13-14H,2,8-12H2,1H3,(H,23,27)(H,25,28,29). The summed E-state index contributed by atoms with van der Waals surface area (Å²) in [4.78, 5) is 44.8. The van der Waals surface area contributed by atoms with Crippen molar-refractivity contribution in [2.45, 2.75) is 38.6 Å². The van der Waals surface area contributed by atoms with E-state index in [2.05, 4.69) is 15.3 Å². The Hall–Kier alpha value is -3.42. The molecule has 0 unspecified atom stereocenters. The Kier molecular flexibility index (Phi) is 5.65. The fraction of sp³-hybridized carbons (Fsp3) is 0.364. The summed E-state index contributed by atoms with van der Waals surface area (Å²) >= 11 is 0. The summed E-state index contributed by atoms with van der Waals surface area (Å²) in [6, 6.07) is 11.0. The zero-order valence-corrected chi connectivity index (χ0v) is 16.8. The highest BCUT2D eigenvalue weighted by molar-refractivity contribution is 6.05. The monoisotopic (exact) mass is 408 g/mol. The molecule has 2 aromatic heterocycles. The number of amides is 1. The number of ether oxygens (including phenoxy) is 1. The molecular weight excluding hydrogens is 384 g/mol. The van der Waals surface area contributed by atoms with Crippen LogP contribution in [0.1, 0.15) is 48.2 Å². The number of pyridine rings is 1. The van der Waals surface area contributed by atoms with E-state index in [4.69, 9.17) is 4.74 Å². The highest BCUT2D eigenvalue weighted by atomic mass is 16.5. The van der Waals surface area contributed by atoms with E-state index >= 15 is 0 Å². The fourth-order valence-corrected chi connectivity index (χ4v) is 3.44. The van der Waals surface area contributed by atoms with E-state index in [1.54, 1.807) is 6.07 Å². The Morgan fingerprint density at radius 2 is 2.03 bits per heavy atom. The number of fused-ring (bicyclic) bond motifs is 1. The fourth-order valence-electron chi connectivity index (χ4n) is 3.44. The van der Waals surface area contributed by atoms with Crippen molar-refractivity contribution in [3.05, 3.63) is 68.5 Å². The number of hydrogen-bond acceptors (Lipinski definition) is 5. The largest absolute Gasteiger partial charge is 0.492 e. The van der Waals surface area contributed by atoms with Gasteiger partial charge in [0.1, 0.15) is 12.4 Å². The molecule has 0 saturated heterocycles. The molecule has 1 aliphatic rings. The summed E-state index contributed by atoms with van der Waals surface area (Å²) in [5, 5.41) is 2.96. The first-order chi connectivity index (χ1) is 14.6. The van der Waals surface area contributed by atoms with Crippen LogP contribution in [-0.4, -0.2) is 33.6 Å². The van der Waals surface area contributed by atoms with Gasteiger partial charge in [0.05, 0.1) is 17.5 Å². The summed E-state index contributed by atoms with van der Waals surface area (Å²) in [5.41, 5.74) is 0.178. The van der Waals surface area contributed by atoms with Gasteiger partial charge in [0, 0.05) is 18.2 Å². The number of aryl methyl sites for hydroxylation is 1. The first-order valence-corrected chi connectivity index (χ1v) is 10.2. The van der Waals surface area contributed by atoms with Gasteiger partial charge in [-0.05, 0) is 37.5 Å². The average Bonchev–Trinajstić information content (AvgIpc) is 3.59. The lowest BCUT2D eigenvalue weighted by Gasteiger charge is -2.13. The number of carbonyl (C=O) groups is 1. The van der Waals surface area contributed by atoms with Crippen molar-refractivity contribution in [3.8, 4) is 5.75 Å². The highest BCUT2D eigenvalue weighted by Crippen LogP contribution is 2.39. The summed E-state index contributed by atoms with van der Waals surface area (Å²) in [7, 11) is 0. The normalized spacial score (nSPS) is 13.4. The number of nitrogens with one attached hydrogen (secondary N) is 2. The molecule has 0 radical (unpaired) electrons. The molecule has 1 saturated carbocycles. The first-order valence-electron chi connectivity index (χ1n) is 10.2. The smallest absolute Gasteiger partial charge is 0.329 e. The molecule has 0 bridgehead atoms. The van der Waals surface area contributed by atoms with Crippen LogP contribution in [0.2, 0.25) is 0 Å². The van der Waals surface area contributed by atoms with E-state index in [9.17, 15) is 14.4 Å². The Balaban J connectivity index is 1.63. The third-order valence-electron chi connectivity index (χ3n) is 5.06. The molecule has 1 aromatic carbocycles. The number of aromatic nitrogens is 3. The van der Waals surface area contributed by atoms with Crippen LogP contribution in [0.3, 0.4) is 0 Å². The van der Waals surface area contributed by atoms with Crippen molar-refractivity contribution in [1.82, 2.24) is 19.9 Å². The topological polar surface area (TPSA) is 106 Å². The predicted molar refractivity (Wildman–Crippen MR) is 113 cm³/mol. The maximum Gasteiger partial charge on any atom is 0.329 e. The van der Waals surface area contributed by atoms with Gasteiger partial charge in [0.25, 0.3) is 11.5 Å². The van der Waals surface area contributed by atoms with Gasteiger partial charge < -0.3 is 10.1 Å². The molecule has 0 atom stereocenters. The molecule has 2 N–H and O–H groups in total. The minimum Gasteiger partial charge on any atom is -0.492 e. The first kappa shape index (κ1) is 19.9. The van der Waals surface area contributed by atoms with E-state index in [-0.39, 0.29) is 35.0 Å². The van der Waals surface area contributed by atoms with Gasteiger partial charge in [-0.15, -0.1) is 0 Å². The van der Waals surface area contributed by atoms with Gasteiger partial charge in [0.2, 0.25) is 0 Å². The summed E-state index contributed by atoms with van der Waals surface area (Å²) in [5.74, 6) is 0.608. The Labute approximate surface area is 172 Å². The number of aromatic amines is 1. The molecule has 30 heavy (non-hydrogen) atoms. The highest BCUT2D eigenvalue weighted by Gasteiger charge is 2.28. The van der Waals surface area contributed by atoms with Crippen molar-refractivity contribution in [2.75, 3.05) is 13.2 Å². The molecule has 1 aliphatic carbocycles. The minimum absolute atomic E-state index is 0.147. The van der Waals surface area contributed by atoms with Crippen LogP contribution < -0.4 is 21.3 Å². The van der Waals surface area contributed by atoms with Gasteiger partial charge in [-0.1, -0.05) is 25.1 Å². The average molecular weight is 408 g/mol. The number of carbonyl (C=O) groups excluding carboxylic acids is 1. The van der Waals surface area contributed by atoms with Crippen LogP contribution in [0.15, 0.2) is 46.0 Å². The quantitative estimate of drug-likeness (QED) is 0.556. The lowest BCUT2D eigenvalue weighted by molar-refractivity contribution is 0.0948. The van der Waals surface area contributed by atoms with Crippen molar-refractivity contribution >= 4 is 16.9 Å². The van der Waals surface area contributed by atoms with E-state index in [1.165, 1.54) is 4.57 Å². The van der Waals surface area contributed by atoms with Crippen LogP contribution >= 0.6 is 0 Å². The van der Waals surface area contributed by atoms with Gasteiger partial charge in [0.15, 0.2) is 5.65 Å². The SMILES string of the molecule is CCCn1c(=O)[nH]c(=O)c2c(C(=O)NCCOc3ccccc3)cc(C3CC3)nc21. The third-order valence-corrected chi connectivity index (χ3v) is 5.06. The Morgan fingerprint density at radius 3 is 2.73 bits per heavy atom. The zero-order valence-electron chi connectivity index (χ0n) is 16.8. The maximum atomic E-state index is 12.9. The van der Waals surface area contributed by atoms with Crippen LogP contribution in [0.25, 0.3) is 11.0 Å². The third kappa shape index (κ3) is 4.12. The van der Waals surface area contributed by atoms with E-state index in [1.807, 2.05) is 37.3 Å². The van der Waals surface area contributed by atoms with Gasteiger partial charge >= 0.3 is 5.69 Å². The molecular formula is C22H24N4O4. The molecule has 156 valence electrons. The molecule has 1 fully saturated rings. The van der Waals surface area contributed by atoms with E-state index in [0.717, 1.165) is 24.3 Å². The molecule has 0 aliphatic heterocycles. The molecule has 4 rings (SSSR count). The summed E-state index contributed by atoms with van der Waals surface area (Å²) in [6.07, 6.45) is 2.69. The number of H-pyrrole nitrogens is 1. The van der Waals surface area contributed by atoms with Gasteiger partial charge in [-0.2, -0.15) is 0 Å². The summed E-state index contributed by atoms with van der Waals surface area (Å²) < 4.78 is 7.04. The second-order valence-corrected chi connectivity index (χ2v) is 7.40. The van der Waals surface area contributed by atoms with E-state index < -0.39 is 11.2 Å². The Morgan fingerprint density at radius 1 is 1.27 bits per heavy atom. The van der Waals surface area contributed by atoms with Crippen molar-refractivity contribution in [2.24, 2.45) is 0 Å². The van der Waals surface area contributed by atoms with Crippen molar-refractivity contribution < 1.29 is 9.53 Å². The second-order valence-electron chi connectivity index (χ2n) is 7.40. The van der Waals surface area contributed by atoms with Gasteiger partial charge in [-0.25, -0.2) is 9.78 Å². The molecule has 8 heteroatoms.